The van der Waals surface area contributed by atoms with Crippen molar-refractivity contribution in [2.75, 3.05) is 13.1 Å². The molecule has 3 heterocycles. The average molecular weight is 375 g/mol. The molecule has 0 spiro atoms. The van der Waals surface area contributed by atoms with Gasteiger partial charge in [0.2, 0.25) is 5.89 Å². The highest BCUT2D eigenvalue weighted by Crippen LogP contribution is 2.29. The van der Waals surface area contributed by atoms with Gasteiger partial charge in [-0.2, -0.15) is 0 Å². The Labute approximate surface area is 155 Å². The van der Waals surface area contributed by atoms with E-state index in [-0.39, 0.29) is 23.7 Å². The number of aromatic nitrogens is 3. The van der Waals surface area contributed by atoms with Crippen LogP contribution in [-0.4, -0.2) is 49.8 Å². The van der Waals surface area contributed by atoms with Crippen molar-refractivity contribution in [2.24, 2.45) is 0 Å². The van der Waals surface area contributed by atoms with Crippen molar-refractivity contribution in [1.82, 2.24) is 20.1 Å². The molecule has 2 aromatic rings. The molecule has 27 heavy (non-hydrogen) atoms. The highest BCUT2D eigenvalue weighted by molar-refractivity contribution is 5.68. The van der Waals surface area contributed by atoms with Crippen LogP contribution >= 0.6 is 0 Å². The Bertz CT molecular complexity index is 827. The quantitative estimate of drug-likeness (QED) is 0.592. The molecule has 0 radical (unpaired) electrons. The molecule has 0 unspecified atom stereocenters. The molecule has 144 valence electrons. The molecule has 0 saturated carbocycles. The van der Waals surface area contributed by atoms with E-state index in [1.54, 1.807) is 4.90 Å². The van der Waals surface area contributed by atoms with Crippen LogP contribution in [-0.2, 0) is 4.74 Å². The number of likely N-dealkylation sites (tertiary alicyclic amines) is 1. The smallest absolute Gasteiger partial charge is 0.410 e. The number of carbonyl (C=O) groups excluding carboxylic acids is 1. The number of pyridine rings is 1. The number of carbonyl (C=O) groups is 1. The molecule has 3 rings (SSSR count). The third-order valence-electron chi connectivity index (χ3n) is 4.04. The maximum absolute atomic E-state index is 12.3. The third kappa shape index (κ3) is 4.57. The Morgan fingerprint density at radius 3 is 2.78 bits per heavy atom. The lowest BCUT2D eigenvalue weighted by Crippen LogP contribution is -2.42. The predicted molar refractivity (Wildman–Crippen MR) is 94.0 cm³/mol. The SMILES string of the molecule is CC(C)(C)OC(=O)N1CCC[C@H](c2nnc(-c3ccc([N+](=O)[O-])nc3)o2)C1. The first-order valence-electron chi connectivity index (χ1n) is 8.65. The zero-order valence-electron chi connectivity index (χ0n) is 15.4. The Morgan fingerprint density at radius 2 is 2.15 bits per heavy atom. The first-order chi connectivity index (χ1) is 12.7. The van der Waals surface area contributed by atoms with Crippen LogP contribution < -0.4 is 0 Å². The third-order valence-corrected chi connectivity index (χ3v) is 4.04. The van der Waals surface area contributed by atoms with Gasteiger partial charge in [-0.05, 0) is 49.6 Å². The second kappa shape index (κ2) is 7.29. The van der Waals surface area contributed by atoms with Crippen LogP contribution in [0.25, 0.3) is 11.5 Å². The summed E-state index contributed by atoms with van der Waals surface area (Å²) in [5, 5.41) is 18.8. The molecule has 1 amide bonds. The summed E-state index contributed by atoms with van der Waals surface area (Å²) in [5.41, 5.74) is -0.0518. The van der Waals surface area contributed by atoms with E-state index >= 15 is 0 Å². The van der Waals surface area contributed by atoms with Gasteiger partial charge in [0.15, 0.2) is 6.20 Å². The zero-order valence-corrected chi connectivity index (χ0v) is 15.4. The Morgan fingerprint density at radius 1 is 1.37 bits per heavy atom. The zero-order chi connectivity index (χ0) is 19.6. The molecule has 10 nitrogen and oxygen atoms in total. The minimum absolute atomic E-state index is 0.0847. The van der Waals surface area contributed by atoms with Gasteiger partial charge in [0.05, 0.1) is 11.5 Å². The number of hydrogen-bond acceptors (Lipinski definition) is 8. The lowest BCUT2D eigenvalue weighted by molar-refractivity contribution is -0.389. The number of piperidine rings is 1. The van der Waals surface area contributed by atoms with Gasteiger partial charge < -0.3 is 24.2 Å². The molecular formula is C17H21N5O5. The molecule has 1 aliphatic heterocycles. The van der Waals surface area contributed by atoms with Crippen LogP contribution in [0.2, 0.25) is 0 Å². The van der Waals surface area contributed by atoms with Gasteiger partial charge in [-0.3, -0.25) is 0 Å². The van der Waals surface area contributed by atoms with Gasteiger partial charge in [0.1, 0.15) is 5.60 Å². The largest absolute Gasteiger partial charge is 0.444 e. The van der Waals surface area contributed by atoms with Gasteiger partial charge in [-0.15, -0.1) is 10.2 Å². The van der Waals surface area contributed by atoms with Gasteiger partial charge in [-0.25, -0.2) is 4.79 Å². The molecule has 0 N–H and O–H groups in total. The van der Waals surface area contributed by atoms with E-state index in [1.807, 2.05) is 20.8 Å². The first kappa shape index (κ1) is 18.7. The fraction of sp³-hybridized carbons (Fsp3) is 0.529. The van der Waals surface area contributed by atoms with E-state index in [2.05, 4.69) is 15.2 Å². The molecule has 0 aliphatic carbocycles. The number of nitro groups is 1. The molecule has 10 heteroatoms. The van der Waals surface area contributed by atoms with E-state index in [0.717, 1.165) is 12.8 Å². The molecule has 1 saturated heterocycles. The van der Waals surface area contributed by atoms with E-state index in [1.165, 1.54) is 18.3 Å². The summed E-state index contributed by atoms with van der Waals surface area (Å²) >= 11 is 0. The second-order valence-corrected chi connectivity index (χ2v) is 7.37. The molecule has 1 aliphatic rings. The van der Waals surface area contributed by atoms with E-state index in [4.69, 9.17) is 9.15 Å². The summed E-state index contributed by atoms with van der Waals surface area (Å²) in [6.45, 7) is 6.55. The summed E-state index contributed by atoms with van der Waals surface area (Å²) in [6, 6.07) is 2.79. The highest BCUT2D eigenvalue weighted by Gasteiger charge is 2.31. The molecule has 1 fully saturated rings. The average Bonchev–Trinajstić information content (AvgIpc) is 3.10. The monoisotopic (exact) mass is 375 g/mol. The van der Waals surface area contributed by atoms with Crippen molar-refractivity contribution in [3.8, 4) is 11.5 Å². The van der Waals surface area contributed by atoms with Gasteiger partial charge >= 0.3 is 11.9 Å². The summed E-state index contributed by atoms with van der Waals surface area (Å²) in [6.07, 6.45) is 2.59. The summed E-state index contributed by atoms with van der Waals surface area (Å²) in [7, 11) is 0. The van der Waals surface area contributed by atoms with Crippen LogP contribution in [0.15, 0.2) is 22.7 Å². The number of amides is 1. The van der Waals surface area contributed by atoms with Gasteiger partial charge in [-0.1, -0.05) is 0 Å². The van der Waals surface area contributed by atoms with Crippen molar-refractivity contribution >= 4 is 11.9 Å². The van der Waals surface area contributed by atoms with Crippen LogP contribution in [0.3, 0.4) is 0 Å². The standard InChI is InChI=1S/C17H21N5O5/c1-17(2,3)27-16(23)21-8-4-5-12(10-21)15-20-19-14(26-15)11-6-7-13(18-9-11)22(24)25/h6-7,9,12H,4-5,8,10H2,1-3H3/t12-/m0/s1. The van der Waals surface area contributed by atoms with Crippen molar-refractivity contribution in [2.45, 2.75) is 45.1 Å². The number of ether oxygens (including phenoxy) is 1. The van der Waals surface area contributed by atoms with Crippen molar-refractivity contribution < 1.29 is 18.9 Å². The second-order valence-electron chi connectivity index (χ2n) is 7.37. The van der Waals surface area contributed by atoms with Crippen molar-refractivity contribution in [3.05, 3.63) is 34.3 Å². The summed E-state index contributed by atoms with van der Waals surface area (Å²) in [5.74, 6) is 0.329. The van der Waals surface area contributed by atoms with Crippen LogP contribution in [0.4, 0.5) is 10.6 Å². The van der Waals surface area contributed by atoms with E-state index in [0.29, 0.717) is 24.5 Å². The van der Waals surface area contributed by atoms with Gasteiger partial charge in [0.25, 0.3) is 5.89 Å². The van der Waals surface area contributed by atoms with Crippen LogP contribution in [0, 0.1) is 10.1 Å². The molecule has 0 aromatic carbocycles. The Hall–Kier alpha value is -3.04. The van der Waals surface area contributed by atoms with Crippen LogP contribution in [0.5, 0.6) is 0 Å². The highest BCUT2D eigenvalue weighted by atomic mass is 16.6. The normalized spacial score (nSPS) is 17.6. The maximum Gasteiger partial charge on any atom is 0.410 e. The van der Waals surface area contributed by atoms with Crippen molar-refractivity contribution in [3.63, 3.8) is 0 Å². The fourth-order valence-corrected chi connectivity index (χ4v) is 2.81. The predicted octanol–water partition coefficient (Wildman–Crippen LogP) is 3.15. The molecular weight excluding hydrogens is 354 g/mol. The summed E-state index contributed by atoms with van der Waals surface area (Å²) < 4.78 is 11.2. The van der Waals surface area contributed by atoms with Gasteiger partial charge in [0, 0.05) is 19.2 Å². The number of rotatable bonds is 3. The number of hydrogen-bond donors (Lipinski definition) is 0. The minimum Gasteiger partial charge on any atom is -0.444 e. The molecule has 0 bridgehead atoms. The summed E-state index contributed by atoms with van der Waals surface area (Å²) in [4.78, 5) is 27.8. The van der Waals surface area contributed by atoms with E-state index in [9.17, 15) is 14.9 Å². The first-order valence-corrected chi connectivity index (χ1v) is 8.65. The number of nitrogens with zero attached hydrogens (tertiary/aromatic N) is 5. The topological polar surface area (TPSA) is 124 Å². The van der Waals surface area contributed by atoms with Crippen molar-refractivity contribution in [1.29, 1.82) is 0 Å². The Balaban J connectivity index is 1.70. The molecule has 1 atom stereocenters. The lowest BCUT2D eigenvalue weighted by atomic mass is 9.98. The van der Waals surface area contributed by atoms with E-state index < -0.39 is 10.5 Å². The van der Waals surface area contributed by atoms with Crippen LogP contribution in [0.1, 0.15) is 45.4 Å². The lowest BCUT2D eigenvalue weighted by Gasteiger charge is -2.32. The fourth-order valence-electron chi connectivity index (χ4n) is 2.81. The molecule has 2 aromatic heterocycles. The maximum atomic E-state index is 12.3. The Kier molecular flexibility index (Phi) is 5.06. The minimum atomic E-state index is -0.573.